The number of hydrogen-bond donors (Lipinski definition) is 1. The Labute approximate surface area is 280 Å². The Bertz CT molecular complexity index is 2050. The number of carbonyl (C=O) groups is 3. The fraction of sp³-hybridized carbons (Fsp3) is 0.262. The summed E-state index contributed by atoms with van der Waals surface area (Å²) in [5, 5.41) is 17.7. The lowest BCUT2D eigenvalue weighted by molar-refractivity contribution is -0.139. The quantitative estimate of drug-likeness (QED) is 0.0644. The molecule has 244 valence electrons. The maximum Gasteiger partial charge on any atom is 0.311 e. The SMILES string of the molecule is COc1ccccc1C(CC(CC=O)(c1ccccc1OC)C(CCCCC=O)c1ccc2ccc3cccc4ccc1c2c34)C(=O)O. The van der Waals surface area contributed by atoms with Gasteiger partial charge >= 0.3 is 5.97 Å². The highest BCUT2D eigenvalue weighted by atomic mass is 16.5. The number of ether oxygens (including phenoxy) is 2. The van der Waals surface area contributed by atoms with Crippen LogP contribution in [0.2, 0.25) is 0 Å². The van der Waals surface area contributed by atoms with Crippen LogP contribution in [0.4, 0.5) is 0 Å². The molecule has 6 aromatic carbocycles. The molecule has 6 heteroatoms. The van der Waals surface area contributed by atoms with Crippen LogP contribution in [0.5, 0.6) is 11.5 Å². The molecule has 0 heterocycles. The van der Waals surface area contributed by atoms with Gasteiger partial charge in [-0.25, -0.2) is 0 Å². The van der Waals surface area contributed by atoms with Crippen molar-refractivity contribution in [2.45, 2.75) is 55.8 Å². The molecule has 6 nitrogen and oxygen atoms in total. The Morgan fingerprint density at radius 3 is 2.04 bits per heavy atom. The number of methoxy groups -OCH3 is 2. The van der Waals surface area contributed by atoms with Crippen molar-refractivity contribution < 1.29 is 29.0 Å². The summed E-state index contributed by atoms with van der Waals surface area (Å²) >= 11 is 0. The molecule has 0 aliphatic rings. The second-order valence-corrected chi connectivity index (χ2v) is 12.6. The molecule has 3 atom stereocenters. The van der Waals surface area contributed by atoms with Crippen molar-refractivity contribution in [1.82, 2.24) is 0 Å². The normalized spacial score (nSPS) is 14.0. The molecule has 1 N–H and O–H groups in total. The third-order valence-electron chi connectivity index (χ3n) is 10.1. The van der Waals surface area contributed by atoms with Crippen LogP contribution in [0.25, 0.3) is 32.3 Å². The molecular formula is C42H40O6. The van der Waals surface area contributed by atoms with Gasteiger partial charge in [-0.05, 0) is 75.2 Å². The average Bonchev–Trinajstić information content (AvgIpc) is 3.12. The van der Waals surface area contributed by atoms with Gasteiger partial charge in [0, 0.05) is 29.4 Å². The fourth-order valence-corrected chi connectivity index (χ4v) is 8.00. The molecule has 0 saturated carbocycles. The monoisotopic (exact) mass is 640 g/mol. The molecule has 6 aromatic rings. The Morgan fingerprint density at radius 1 is 0.708 bits per heavy atom. The Hall–Kier alpha value is -5.23. The Kier molecular flexibility index (Phi) is 9.72. The van der Waals surface area contributed by atoms with Crippen molar-refractivity contribution in [3.8, 4) is 11.5 Å². The van der Waals surface area contributed by atoms with Crippen molar-refractivity contribution >= 4 is 50.9 Å². The summed E-state index contributed by atoms with van der Waals surface area (Å²) in [4.78, 5) is 37.7. The van der Waals surface area contributed by atoms with Gasteiger partial charge in [0.25, 0.3) is 0 Å². The Balaban J connectivity index is 1.67. The number of carboxylic acids is 1. The molecule has 48 heavy (non-hydrogen) atoms. The molecule has 0 aromatic heterocycles. The van der Waals surface area contributed by atoms with Crippen LogP contribution in [0.3, 0.4) is 0 Å². The predicted octanol–water partition coefficient (Wildman–Crippen LogP) is 9.23. The lowest BCUT2D eigenvalue weighted by Crippen LogP contribution is -2.38. The summed E-state index contributed by atoms with van der Waals surface area (Å²) < 4.78 is 11.6. The molecule has 0 amide bonds. The van der Waals surface area contributed by atoms with Crippen LogP contribution >= 0.6 is 0 Å². The number of para-hydroxylation sites is 2. The van der Waals surface area contributed by atoms with Gasteiger partial charge in [0.15, 0.2) is 0 Å². The fourth-order valence-electron chi connectivity index (χ4n) is 8.00. The minimum Gasteiger partial charge on any atom is -0.496 e. The predicted molar refractivity (Wildman–Crippen MR) is 191 cm³/mol. The van der Waals surface area contributed by atoms with Gasteiger partial charge in [-0.15, -0.1) is 0 Å². The van der Waals surface area contributed by atoms with Crippen molar-refractivity contribution in [2.75, 3.05) is 14.2 Å². The molecular weight excluding hydrogens is 600 g/mol. The molecule has 0 aliphatic heterocycles. The molecule has 3 unspecified atom stereocenters. The van der Waals surface area contributed by atoms with Gasteiger partial charge < -0.3 is 24.2 Å². The third kappa shape index (κ3) is 5.87. The largest absolute Gasteiger partial charge is 0.496 e. The number of carbonyl (C=O) groups excluding carboxylic acids is 2. The highest BCUT2D eigenvalue weighted by Gasteiger charge is 2.46. The van der Waals surface area contributed by atoms with E-state index in [9.17, 15) is 19.5 Å². The van der Waals surface area contributed by atoms with E-state index < -0.39 is 17.3 Å². The zero-order chi connectivity index (χ0) is 33.7. The minimum atomic E-state index is -1.01. The summed E-state index contributed by atoms with van der Waals surface area (Å²) in [6.07, 6.45) is 4.49. The summed E-state index contributed by atoms with van der Waals surface area (Å²) in [6.45, 7) is 0. The Morgan fingerprint density at radius 2 is 1.35 bits per heavy atom. The summed E-state index contributed by atoms with van der Waals surface area (Å²) in [5.41, 5.74) is 1.37. The van der Waals surface area contributed by atoms with E-state index in [1.807, 2.05) is 36.4 Å². The first-order valence-corrected chi connectivity index (χ1v) is 16.5. The number of aliphatic carboxylic acids is 1. The topological polar surface area (TPSA) is 89.9 Å². The molecule has 0 aliphatic carbocycles. The van der Waals surface area contributed by atoms with Crippen molar-refractivity contribution in [1.29, 1.82) is 0 Å². The average molecular weight is 641 g/mol. The lowest BCUT2D eigenvalue weighted by Gasteiger charge is -2.44. The van der Waals surface area contributed by atoms with Crippen molar-refractivity contribution in [3.05, 3.63) is 120 Å². The van der Waals surface area contributed by atoms with Crippen LogP contribution in [0.1, 0.15) is 67.1 Å². The van der Waals surface area contributed by atoms with E-state index in [2.05, 4.69) is 54.6 Å². The van der Waals surface area contributed by atoms with Crippen LogP contribution in [0.15, 0.2) is 103 Å². The van der Waals surface area contributed by atoms with E-state index in [4.69, 9.17) is 9.47 Å². The second kappa shape index (κ2) is 14.3. The first-order chi connectivity index (χ1) is 23.5. The zero-order valence-corrected chi connectivity index (χ0v) is 27.4. The maximum absolute atomic E-state index is 13.3. The molecule has 0 fully saturated rings. The minimum absolute atomic E-state index is 0.0621. The van der Waals surface area contributed by atoms with Gasteiger partial charge in [-0.2, -0.15) is 0 Å². The van der Waals surface area contributed by atoms with Gasteiger partial charge in [0.05, 0.1) is 20.1 Å². The number of benzene rings is 6. The van der Waals surface area contributed by atoms with Gasteiger partial charge in [0.2, 0.25) is 0 Å². The molecule has 0 radical (unpaired) electrons. The number of unbranched alkanes of at least 4 members (excludes halogenated alkanes) is 2. The first-order valence-electron chi connectivity index (χ1n) is 16.5. The van der Waals surface area contributed by atoms with Crippen molar-refractivity contribution in [2.24, 2.45) is 0 Å². The van der Waals surface area contributed by atoms with Gasteiger partial charge in [-0.3, -0.25) is 4.79 Å². The van der Waals surface area contributed by atoms with Crippen LogP contribution < -0.4 is 9.47 Å². The van der Waals surface area contributed by atoms with Crippen LogP contribution in [-0.4, -0.2) is 37.9 Å². The van der Waals surface area contributed by atoms with E-state index in [0.29, 0.717) is 42.7 Å². The van der Waals surface area contributed by atoms with Crippen LogP contribution in [-0.2, 0) is 19.8 Å². The molecule has 6 rings (SSSR count). The summed E-state index contributed by atoms with van der Waals surface area (Å²) in [6, 6.07) is 34.1. The van der Waals surface area contributed by atoms with Gasteiger partial charge in [0.1, 0.15) is 24.1 Å². The number of aldehydes is 2. The zero-order valence-electron chi connectivity index (χ0n) is 27.4. The summed E-state index contributed by atoms with van der Waals surface area (Å²) in [7, 11) is 3.14. The standard InChI is InChI=1S/C42H40O6/c1-47-37-16-7-5-13-32(37)34(41(45)46)27-42(24-26-44,36-15-6-8-17-38(36)48-2)35(14-4-3-9-25-43)31-22-20-30-19-18-28-11-10-12-29-21-23-33(31)40(30)39(28)29/h5-8,10-13,15-23,25-26,34-35H,3-4,9,14,24,27H2,1-2H3,(H,45,46). The third-order valence-corrected chi connectivity index (χ3v) is 10.1. The highest BCUT2D eigenvalue weighted by molar-refractivity contribution is 6.23. The van der Waals surface area contributed by atoms with Crippen LogP contribution in [0, 0.1) is 0 Å². The number of carboxylic acid groups (broad SMARTS) is 1. The molecule has 0 saturated heterocycles. The first kappa shape index (κ1) is 32.7. The van der Waals surface area contributed by atoms with Crippen molar-refractivity contribution in [3.63, 3.8) is 0 Å². The molecule has 0 spiro atoms. The molecule has 0 bridgehead atoms. The lowest BCUT2D eigenvalue weighted by atomic mass is 9.59. The van der Waals surface area contributed by atoms with E-state index in [1.165, 1.54) is 12.5 Å². The van der Waals surface area contributed by atoms with Gasteiger partial charge in [-0.1, -0.05) is 97.4 Å². The summed E-state index contributed by atoms with van der Waals surface area (Å²) in [5.74, 6) is -1.23. The smallest absolute Gasteiger partial charge is 0.311 e. The van der Waals surface area contributed by atoms with E-state index >= 15 is 0 Å². The highest BCUT2D eigenvalue weighted by Crippen LogP contribution is 2.55. The number of rotatable bonds is 16. The second-order valence-electron chi connectivity index (χ2n) is 12.6. The number of hydrogen-bond acceptors (Lipinski definition) is 5. The maximum atomic E-state index is 13.3. The van der Waals surface area contributed by atoms with E-state index in [-0.39, 0.29) is 18.8 Å². The van der Waals surface area contributed by atoms with E-state index in [1.54, 1.807) is 19.2 Å². The van der Waals surface area contributed by atoms with E-state index in [0.717, 1.165) is 50.6 Å².